The number of anilines is 2. The predicted molar refractivity (Wildman–Crippen MR) is 273 cm³/mol. The average Bonchev–Trinajstić information content (AvgIpc) is 3.89. The van der Waals surface area contributed by atoms with Crippen molar-refractivity contribution in [1.29, 1.82) is 0 Å². The van der Waals surface area contributed by atoms with Crippen molar-refractivity contribution in [3.8, 4) is 56.7 Å². The number of aromatic nitrogens is 1. The number of para-hydroxylation sites is 2. The van der Waals surface area contributed by atoms with Crippen LogP contribution in [-0.2, 0) is 5.41 Å². The van der Waals surface area contributed by atoms with E-state index in [1.54, 1.807) is 6.08 Å². The fourth-order valence-electron chi connectivity index (χ4n) is 11.1. The van der Waals surface area contributed by atoms with E-state index >= 15 is 0 Å². The normalized spacial score (nSPS) is 17.2. The van der Waals surface area contributed by atoms with E-state index in [9.17, 15) is 25.5 Å². The summed E-state index contributed by atoms with van der Waals surface area (Å²) in [6, 6.07) is 60.6. The van der Waals surface area contributed by atoms with Crippen LogP contribution in [0.15, 0.2) is 212 Å². The lowest BCUT2D eigenvalue weighted by molar-refractivity contribution is 0.327. The summed E-state index contributed by atoms with van der Waals surface area (Å²) in [5.74, 6) is -4.23. The van der Waals surface area contributed by atoms with E-state index in [0.717, 1.165) is 52.1 Å². The monoisotopic (exact) mass is 886 g/mol. The van der Waals surface area contributed by atoms with Crippen molar-refractivity contribution in [1.82, 2.24) is 4.57 Å². The Hall–Kier alpha value is -8.68. The van der Waals surface area contributed by atoms with Gasteiger partial charge < -0.3 is 35.0 Å². The van der Waals surface area contributed by atoms with Gasteiger partial charge in [0.25, 0.3) is 0 Å². The van der Waals surface area contributed by atoms with Gasteiger partial charge in [0, 0.05) is 27.8 Å². The summed E-state index contributed by atoms with van der Waals surface area (Å²) in [6.45, 7) is 0. The molecule has 8 aromatic carbocycles. The number of aromatic hydroxyl groups is 5. The standard InChI is InChI=1S/C61H46N2O5/c64-56-55(57(65)59(67)60(68)58(56)66)39-26-31-45(32-27-39)62(44-29-24-38(25-30-44)40-28-35-54-50(36-40)49-21-11-13-23-53(49)63(54)43-18-8-3-9-19-43)46-33-34-48-47-20-10-12-22-51(47)61(52(48)37-46,41-14-4-1-5-15-41)42-16-6-2-7-17-42/h1,3-6,8-31,33-37,45,64-68H,2,7,32H2. The molecule has 3 aliphatic carbocycles. The number of rotatable bonds is 8. The molecule has 0 fully saturated rings. The Morgan fingerprint density at radius 2 is 1.15 bits per heavy atom. The molecule has 0 saturated carbocycles. The first-order valence-corrected chi connectivity index (χ1v) is 23.1. The quantitative estimate of drug-likeness (QED) is 0.0768. The second-order valence-corrected chi connectivity index (χ2v) is 17.8. The Morgan fingerprint density at radius 1 is 0.500 bits per heavy atom. The summed E-state index contributed by atoms with van der Waals surface area (Å²) in [6.07, 6.45) is 15.0. The van der Waals surface area contributed by atoms with Gasteiger partial charge in [-0.3, -0.25) is 0 Å². The van der Waals surface area contributed by atoms with Crippen molar-refractivity contribution >= 4 is 38.8 Å². The zero-order chi connectivity index (χ0) is 46.1. The molecule has 330 valence electrons. The highest BCUT2D eigenvalue weighted by atomic mass is 16.4. The molecule has 1 aromatic heterocycles. The molecule has 12 rings (SSSR count). The van der Waals surface area contributed by atoms with Gasteiger partial charge >= 0.3 is 0 Å². The van der Waals surface area contributed by atoms with Gasteiger partial charge in [-0.15, -0.1) is 0 Å². The number of hydrogen-bond donors (Lipinski definition) is 5. The summed E-state index contributed by atoms with van der Waals surface area (Å²) in [5.41, 5.74) is 14.5. The largest absolute Gasteiger partial charge is 0.504 e. The zero-order valence-electron chi connectivity index (χ0n) is 37.0. The molecule has 7 nitrogen and oxygen atoms in total. The van der Waals surface area contributed by atoms with E-state index < -0.39 is 34.2 Å². The van der Waals surface area contributed by atoms with Crippen LogP contribution in [0.3, 0.4) is 0 Å². The van der Waals surface area contributed by atoms with E-state index in [1.165, 1.54) is 44.2 Å². The van der Waals surface area contributed by atoms with Crippen molar-refractivity contribution in [3.63, 3.8) is 0 Å². The zero-order valence-corrected chi connectivity index (χ0v) is 37.0. The summed E-state index contributed by atoms with van der Waals surface area (Å²) >= 11 is 0. The van der Waals surface area contributed by atoms with Gasteiger partial charge in [0.2, 0.25) is 17.2 Å². The molecule has 0 saturated heterocycles. The average molecular weight is 887 g/mol. The molecule has 0 amide bonds. The summed E-state index contributed by atoms with van der Waals surface area (Å²) in [7, 11) is 0. The number of allylic oxidation sites excluding steroid dienone is 6. The topological polar surface area (TPSA) is 109 Å². The number of phenolic OH excluding ortho intramolecular Hbond substituents is 5. The highest BCUT2D eigenvalue weighted by molar-refractivity contribution is 6.10. The van der Waals surface area contributed by atoms with Crippen LogP contribution in [0.2, 0.25) is 0 Å². The van der Waals surface area contributed by atoms with Crippen LogP contribution >= 0.6 is 0 Å². The molecular weight excluding hydrogens is 841 g/mol. The second kappa shape index (κ2) is 16.0. The Kier molecular flexibility index (Phi) is 9.62. The molecule has 0 bridgehead atoms. The van der Waals surface area contributed by atoms with Gasteiger partial charge in [0.1, 0.15) is 0 Å². The fourth-order valence-corrected chi connectivity index (χ4v) is 11.1. The highest BCUT2D eigenvalue weighted by Crippen LogP contribution is 2.58. The molecular formula is C61H46N2O5. The van der Waals surface area contributed by atoms with Gasteiger partial charge in [-0.1, -0.05) is 152 Å². The maximum atomic E-state index is 10.9. The number of benzene rings is 8. The molecule has 7 heteroatoms. The van der Waals surface area contributed by atoms with E-state index in [0.29, 0.717) is 12.0 Å². The SMILES string of the molecule is Oc1c(O)c(O)c(C2=CCC(N(c3ccc(-c4ccc5c(c4)c4ccccc4n5-c4ccccc4)cc3)c3ccc4c(c3)C(C3=CCCC=C3)(c3ccccc3)c3ccccc3-4)C=C2)c(O)c1O. The molecule has 0 spiro atoms. The first-order chi connectivity index (χ1) is 33.3. The van der Waals surface area contributed by atoms with Crippen LogP contribution in [0.1, 0.15) is 41.5 Å². The smallest absolute Gasteiger partial charge is 0.208 e. The van der Waals surface area contributed by atoms with E-state index in [2.05, 4.69) is 191 Å². The minimum atomic E-state index is -0.986. The molecule has 5 N–H and O–H groups in total. The van der Waals surface area contributed by atoms with Crippen molar-refractivity contribution in [3.05, 3.63) is 234 Å². The Balaban J connectivity index is 0.998. The predicted octanol–water partition coefficient (Wildman–Crippen LogP) is 14.1. The minimum absolute atomic E-state index is 0.163. The third-order valence-electron chi connectivity index (χ3n) is 14.2. The molecule has 1 heterocycles. The first-order valence-electron chi connectivity index (χ1n) is 23.1. The lowest BCUT2D eigenvalue weighted by Gasteiger charge is -2.37. The van der Waals surface area contributed by atoms with Crippen LogP contribution in [0, 0.1) is 0 Å². The van der Waals surface area contributed by atoms with Crippen LogP contribution in [0.25, 0.3) is 55.3 Å². The summed E-state index contributed by atoms with van der Waals surface area (Å²) in [5, 5.41) is 55.1. The number of hydrogen-bond acceptors (Lipinski definition) is 6. The fraction of sp³-hybridized carbons (Fsp3) is 0.0820. The van der Waals surface area contributed by atoms with Gasteiger partial charge in [0.05, 0.1) is 28.1 Å². The first kappa shape index (κ1) is 40.8. The van der Waals surface area contributed by atoms with Gasteiger partial charge in [-0.05, 0) is 124 Å². The number of fused-ring (bicyclic) bond motifs is 6. The van der Waals surface area contributed by atoms with Crippen molar-refractivity contribution in [2.75, 3.05) is 4.90 Å². The van der Waals surface area contributed by atoms with E-state index in [4.69, 9.17) is 0 Å². The van der Waals surface area contributed by atoms with Gasteiger partial charge in [0.15, 0.2) is 11.5 Å². The van der Waals surface area contributed by atoms with Gasteiger partial charge in [-0.25, -0.2) is 0 Å². The second-order valence-electron chi connectivity index (χ2n) is 17.8. The number of nitrogens with zero attached hydrogens (tertiary/aromatic N) is 2. The minimum Gasteiger partial charge on any atom is -0.504 e. The summed E-state index contributed by atoms with van der Waals surface area (Å²) in [4.78, 5) is 2.33. The van der Waals surface area contributed by atoms with Crippen LogP contribution in [-0.4, -0.2) is 36.1 Å². The Labute approximate surface area is 393 Å². The van der Waals surface area contributed by atoms with Crippen molar-refractivity contribution in [2.24, 2.45) is 0 Å². The third kappa shape index (κ3) is 6.19. The molecule has 3 aliphatic rings. The number of phenols is 5. The maximum absolute atomic E-state index is 10.9. The molecule has 0 aliphatic heterocycles. The highest BCUT2D eigenvalue weighted by Gasteiger charge is 2.47. The van der Waals surface area contributed by atoms with E-state index in [-0.39, 0.29) is 11.6 Å². The van der Waals surface area contributed by atoms with Crippen molar-refractivity contribution in [2.45, 2.75) is 30.7 Å². The lowest BCUT2D eigenvalue weighted by Crippen LogP contribution is -2.32. The molecule has 9 aromatic rings. The molecule has 2 unspecified atom stereocenters. The third-order valence-corrected chi connectivity index (χ3v) is 14.2. The maximum Gasteiger partial charge on any atom is 0.208 e. The van der Waals surface area contributed by atoms with E-state index in [1.807, 2.05) is 18.2 Å². The Bertz CT molecular complexity index is 3570. The molecule has 0 radical (unpaired) electrons. The molecule has 2 atom stereocenters. The Morgan fingerprint density at radius 3 is 1.88 bits per heavy atom. The lowest BCUT2D eigenvalue weighted by atomic mass is 9.66. The van der Waals surface area contributed by atoms with Crippen molar-refractivity contribution < 1.29 is 25.5 Å². The van der Waals surface area contributed by atoms with Gasteiger partial charge in [-0.2, -0.15) is 0 Å². The van der Waals surface area contributed by atoms with Crippen LogP contribution in [0.5, 0.6) is 28.7 Å². The molecule has 68 heavy (non-hydrogen) atoms. The van der Waals surface area contributed by atoms with Crippen LogP contribution in [0.4, 0.5) is 11.4 Å². The van der Waals surface area contributed by atoms with Crippen LogP contribution < -0.4 is 4.90 Å². The summed E-state index contributed by atoms with van der Waals surface area (Å²) < 4.78 is 2.32.